The fraction of sp³-hybridized carbons (Fsp3) is 0.294. The Morgan fingerprint density at radius 3 is 1.44 bits per heavy atom. The highest BCUT2D eigenvalue weighted by Crippen LogP contribution is 2.43. The van der Waals surface area contributed by atoms with E-state index in [4.69, 9.17) is 9.47 Å². The number of unbranched alkanes of at least 4 members (excludes halogenated alkanes) is 5. The van der Waals surface area contributed by atoms with E-state index in [1.165, 1.54) is 19.3 Å². The highest BCUT2D eigenvalue weighted by Gasteiger charge is 2.25. The van der Waals surface area contributed by atoms with Crippen LogP contribution in [-0.2, 0) is 6.54 Å². The standard InChI is InChI=1S/C34H35N3O6/c1-4-5-6-7-8-9-18-35-31-19-27(23-10-14-25(42-2)15-11-23)33(36(38)39)21-29(31)30-22-34(37(40)41)28(20-32(30)35)24-12-16-26(43-3)17-13-24/h10-17,19-22H,4-9,18H2,1-3H3. The lowest BCUT2D eigenvalue weighted by molar-refractivity contribution is -0.384. The fourth-order valence-electron chi connectivity index (χ4n) is 5.76. The average molecular weight is 582 g/mol. The van der Waals surface area contributed by atoms with Crippen molar-refractivity contribution in [1.82, 2.24) is 4.57 Å². The van der Waals surface area contributed by atoms with Gasteiger partial charge in [-0.05, 0) is 53.9 Å². The van der Waals surface area contributed by atoms with Gasteiger partial charge in [-0.25, -0.2) is 0 Å². The second-order valence-electron chi connectivity index (χ2n) is 10.7. The molecule has 0 fully saturated rings. The lowest BCUT2D eigenvalue weighted by atomic mass is 9.99. The van der Waals surface area contributed by atoms with E-state index in [1.807, 2.05) is 12.1 Å². The lowest BCUT2D eigenvalue weighted by Gasteiger charge is -2.11. The first-order valence-electron chi connectivity index (χ1n) is 14.6. The molecule has 0 unspecified atom stereocenters. The molecule has 5 aromatic rings. The van der Waals surface area contributed by atoms with Gasteiger partial charge >= 0.3 is 0 Å². The van der Waals surface area contributed by atoms with Crippen molar-refractivity contribution in [3.05, 3.63) is 93.0 Å². The van der Waals surface area contributed by atoms with Crippen molar-refractivity contribution in [3.8, 4) is 33.8 Å². The summed E-state index contributed by atoms with van der Waals surface area (Å²) in [5.41, 5.74) is 3.85. The van der Waals surface area contributed by atoms with E-state index in [1.54, 1.807) is 74.9 Å². The highest BCUT2D eigenvalue weighted by molar-refractivity contribution is 6.12. The van der Waals surface area contributed by atoms with Gasteiger partial charge in [0.05, 0.1) is 46.2 Å². The number of methoxy groups -OCH3 is 2. The van der Waals surface area contributed by atoms with E-state index in [-0.39, 0.29) is 11.4 Å². The number of aryl methyl sites for hydroxylation is 1. The number of ether oxygens (including phenoxy) is 2. The third-order valence-corrected chi connectivity index (χ3v) is 8.03. The van der Waals surface area contributed by atoms with Crippen molar-refractivity contribution >= 4 is 33.2 Å². The SMILES string of the molecule is CCCCCCCCn1c2cc(-c3ccc(OC)cc3)c([N+](=O)[O-])cc2c2cc([N+](=O)[O-])c(-c3ccc(OC)cc3)cc21. The first-order valence-corrected chi connectivity index (χ1v) is 14.6. The van der Waals surface area contributed by atoms with Gasteiger partial charge in [0.2, 0.25) is 0 Å². The van der Waals surface area contributed by atoms with Crippen molar-refractivity contribution < 1.29 is 19.3 Å². The molecule has 0 N–H and O–H groups in total. The minimum absolute atomic E-state index is 0.0573. The van der Waals surface area contributed by atoms with Crippen LogP contribution < -0.4 is 9.47 Å². The van der Waals surface area contributed by atoms with Crippen molar-refractivity contribution in [2.75, 3.05) is 14.2 Å². The maximum Gasteiger partial charge on any atom is 0.277 e. The Labute approximate surface area is 250 Å². The molecular weight excluding hydrogens is 546 g/mol. The summed E-state index contributed by atoms with van der Waals surface area (Å²) >= 11 is 0. The number of nitro benzene ring substituents is 2. The molecule has 5 rings (SSSR count). The van der Waals surface area contributed by atoms with Crippen molar-refractivity contribution in [3.63, 3.8) is 0 Å². The van der Waals surface area contributed by atoms with Crippen LogP contribution in [0.1, 0.15) is 45.4 Å². The van der Waals surface area contributed by atoms with Gasteiger partial charge in [-0.1, -0.05) is 63.3 Å². The average Bonchev–Trinajstić information content (AvgIpc) is 3.33. The van der Waals surface area contributed by atoms with Gasteiger partial charge in [0.1, 0.15) is 11.5 Å². The van der Waals surface area contributed by atoms with Crippen molar-refractivity contribution in [2.24, 2.45) is 0 Å². The second kappa shape index (κ2) is 12.9. The van der Waals surface area contributed by atoms with Crippen molar-refractivity contribution in [1.29, 1.82) is 0 Å². The van der Waals surface area contributed by atoms with Crippen LogP contribution in [0, 0.1) is 20.2 Å². The highest BCUT2D eigenvalue weighted by atomic mass is 16.6. The molecule has 0 saturated carbocycles. The summed E-state index contributed by atoms with van der Waals surface area (Å²) in [6, 6.07) is 21.2. The van der Waals surface area contributed by atoms with Gasteiger partial charge in [-0.15, -0.1) is 0 Å². The van der Waals surface area contributed by atoms with Gasteiger partial charge in [0.25, 0.3) is 11.4 Å². The van der Waals surface area contributed by atoms with Crippen LogP contribution in [0.5, 0.6) is 11.5 Å². The molecule has 1 aromatic heterocycles. The third kappa shape index (κ3) is 6.02. The number of nitrogens with zero attached hydrogens (tertiary/aromatic N) is 3. The number of rotatable bonds is 13. The summed E-state index contributed by atoms with van der Waals surface area (Å²) in [6.07, 6.45) is 6.68. The smallest absolute Gasteiger partial charge is 0.277 e. The van der Waals surface area contributed by atoms with Gasteiger partial charge in [-0.2, -0.15) is 0 Å². The molecule has 9 nitrogen and oxygen atoms in total. The summed E-state index contributed by atoms with van der Waals surface area (Å²) in [7, 11) is 3.15. The molecule has 0 bridgehead atoms. The van der Waals surface area contributed by atoms with Crippen LogP contribution in [-0.4, -0.2) is 28.6 Å². The molecule has 0 aliphatic carbocycles. The number of hydrogen-bond acceptors (Lipinski definition) is 6. The Morgan fingerprint density at radius 1 is 0.628 bits per heavy atom. The molecule has 0 aliphatic heterocycles. The second-order valence-corrected chi connectivity index (χ2v) is 10.7. The Hall–Kier alpha value is -4.92. The van der Waals surface area contributed by atoms with Crippen LogP contribution in [0.3, 0.4) is 0 Å². The Kier molecular flexibility index (Phi) is 8.90. The summed E-state index contributed by atoms with van der Waals surface area (Å²) in [6.45, 7) is 2.88. The summed E-state index contributed by atoms with van der Waals surface area (Å²) in [4.78, 5) is 23.9. The monoisotopic (exact) mass is 581 g/mol. The Bertz CT molecular complexity index is 1650. The molecule has 1 heterocycles. The molecule has 0 atom stereocenters. The first-order chi connectivity index (χ1) is 20.9. The zero-order chi connectivity index (χ0) is 30.5. The Balaban J connectivity index is 1.74. The van der Waals surface area contributed by atoms with Crippen LogP contribution in [0.4, 0.5) is 11.4 Å². The molecule has 0 radical (unpaired) electrons. The maximum absolute atomic E-state index is 12.3. The molecular formula is C34H35N3O6. The third-order valence-electron chi connectivity index (χ3n) is 8.03. The molecule has 9 heteroatoms. The molecule has 0 saturated heterocycles. The van der Waals surface area contributed by atoms with Crippen LogP contribution in [0.25, 0.3) is 44.1 Å². The van der Waals surface area contributed by atoms with E-state index in [0.717, 1.165) is 30.3 Å². The minimum atomic E-state index is -0.393. The van der Waals surface area contributed by atoms with Gasteiger partial charge in [0, 0.05) is 29.4 Å². The maximum atomic E-state index is 12.3. The van der Waals surface area contributed by atoms with Crippen LogP contribution >= 0.6 is 0 Å². The number of aromatic nitrogens is 1. The number of fused-ring (bicyclic) bond motifs is 3. The summed E-state index contributed by atoms with van der Waals surface area (Å²) in [5, 5.41) is 25.9. The minimum Gasteiger partial charge on any atom is -0.497 e. The molecule has 43 heavy (non-hydrogen) atoms. The Morgan fingerprint density at radius 2 is 1.05 bits per heavy atom. The van der Waals surface area contributed by atoms with Gasteiger partial charge in [0.15, 0.2) is 0 Å². The van der Waals surface area contributed by atoms with Crippen LogP contribution in [0.2, 0.25) is 0 Å². The molecule has 0 amide bonds. The van der Waals surface area contributed by atoms with E-state index in [9.17, 15) is 20.2 Å². The topological polar surface area (TPSA) is 110 Å². The molecule has 222 valence electrons. The van der Waals surface area contributed by atoms with E-state index in [0.29, 0.717) is 51.1 Å². The predicted molar refractivity (Wildman–Crippen MR) is 170 cm³/mol. The number of nitro groups is 2. The lowest BCUT2D eigenvalue weighted by Crippen LogP contribution is -2.00. The summed E-state index contributed by atoms with van der Waals surface area (Å²) in [5.74, 6) is 1.31. The summed E-state index contributed by atoms with van der Waals surface area (Å²) < 4.78 is 12.7. The molecule has 0 spiro atoms. The zero-order valence-electron chi connectivity index (χ0n) is 24.7. The largest absolute Gasteiger partial charge is 0.497 e. The number of benzene rings is 4. The molecule has 0 aliphatic rings. The fourth-order valence-corrected chi connectivity index (χ4v) is 5.76. The predicted octanol–water partition coefficient (Wildman–Crippen LogP) is 9.32. The first kappa shape index (κ1) is 29.6. The van der Waals surface area contributed by atoms with E-state index in [2.05, 4.69) is 11.5 Å². The van der Waals surface area contributed by atoms with Gasteiger partial charge < -0.3 is 14.0 Å². The van der Waals surface area contributed by atoms with Crippen molar-refractivity contribution in [2.45, 2.75) is 52.0 Å². The quantitative estimate of drug-likeness (QED) is 0.0778. The van der Waals surface area contributed by atoms with Gasteiger partial charge in [-0.3, -0.25) is 20.2 Å². The normalized spacial score (nSPS) is 11.2. The van der Waals surface area contributed by atoms with Crippen LogP contribution in [0.15, 0.2) is 72.8 Å². The van der Waals surface area contributed by atoms with E-state index < -0.39 is 9.85 Å². The van der Waals surface area contributed by atoms with E-state index >= 15 is 0 Å². The number of hydrogen-bond donors (Lipinski definition) is 0. The molecule has 4 aromatic carbocycles. The zero-order valence-corrected chi connectivity index (χ0v) is 24.7.